The Bertz CT molecular complexity index is 509. The van der Waals surface area contributed by atoms with Gasteiger partial charge in [-0.3, -0.25) is 0 Å². The molecule has 6 heteroatoms. The lowest BCUT2D eigenvalue weighted by Crippen LogP contribution is -2.20. The number of rotatable bonds is 2. The van der Waals surface area contributed by atoms with Gasteiger partial charge in [0.25, 0.3) is 0 Å². The van der Waals surface area contributed by atoms with Gasteiger partial charge in [-0.05, 0) is 25.7 Å². The van der Waals surface area contributed by atoms with Gasteiger partial charge >= 0.3 is 0 Å². The lowest BCUT2D eigenvalue weighted by atomic mass is 9.89. The van der Waals surface area contributed by atoms with Gasteiger partial charge in [0.05, 0.1) is 11.6 Å². The number of benzene rings is 1. The fourth-order valence-corrected chi connectivity index (χ4v) is 2.23. The predicted molar refractivity (Wildman–Crippen MR) is 59.7 cm³/mol. The van der Waals surface area contributed by atoms with Crippen molar-refractivity contribution < 1.29 is 22.0 Å². The first kappa shape index (κ1) is 14.0. The molecular formula is C13H12F5N. The van der Waals surface area contributed by atoms with E-state index in [1.165, 1.54) is 0 Å². The fraction of sp³-hybridized carbons (Fsp3) is 0.385. The molecule has 0 aliphatic heterocycles. The van der Waals surface area contributed by atoms with Crippen LogP contribution < -0.4 is 5.73 Å². The van der Waals surface area contributed by atoms with E-state index in [1.54, 1.807) is 6.08 Å². The third kappa shape index (κ3) is 2.36. The molecule has 0 radical (unpaired) electrons. The minimum absolute atomic E-state index is 0.501. The van der Waals surface area contributed by atoms with Crippen molar-refractivity contribution in [1.82, 2.24) is 0 Å². The molecule has 0 saturated heterocycles. The van der Waals surface area contributed by atoms with E-state index in [9.17, 15) is 22.0 Å². The van der Waals surface area contributed by atoms with E-state index in [-0.39, 0.29) is 0 Å². The Morgan fingerprint density at radius 1 is 0.842 bits per heavy atom. The van der Waals surface area contributed by atoms with Crippen LogP contribution >= 0.6 is 0 Å². The summed E-state index contributed by atoms with van der Waals surface area (Å²) < 4.78 is 66.3. The van der Waals surface area contributed by atoms with Gasteiger partial charge in [-0.1, -0.05) is 11.6 Å². The minimum atomic E-state index is -2.16. The normalized spacial score (nSPS) is 17.3. The molecule has 0 saturated carbocycles. The molecule has 1 unspecified atom stereocenters. The summed E-state index contributed by atoms with van der Waals surface area (Å²) in [6.45, 7) is 0. The Labute approximate surface area is 106 Å². The van der Waals surface area contributed by atoms with E-state index >= 15 is 0 Å². The smallest absolute Gasteiger partial charge is 0.200 e. The zero-order valence-corrected chi connectivity index (χ0v) is 9.95. The van der Waals surface area contributed by atoms with Crippen LogP contribution in [0.1, 0.15) is 37.3 Å². The van der Waals surface area contributed by atoms with Crippen LogP contribution in [-0.4, -0.2) is 0 Å². The zero-order valence-electron chi connectivity index (χ0n) is 9.95. The topological polar surface area (TPSA) is 26.0 Å². The maximum Gasteiger partial charge on any atom is 0.200 e. The first-order chi connectivity index (χ1) is 8.95. The molecule has 104 valence electrons. The quantitative estimate of drug-likeness (QED) is 0.377. The molecular weight excluding hydrogens is 265 g/mol. The molecule has 0 bridgehead atoms. The number of halogens is 5. The van der Waals surface area contributed by atoms with Gasteiger partial charge in [0.2, 0.25) is 5.82 Å². The van der Waals surface area contributed by atoms with Gasteiger partial charge in [-0.2, -0.15) is 0 Å². The average molecular weight is 277 g/mol. The van der Waals surface area contributed by atoms with Gasteiger partial charge in [0, 0.05) is 0 Å². The zero-order chi connectivity index (χ0) is 14.2. The number of hydrogen-bond acceptors (Lipinski definition) is 1. The average Bonchev–Trinajstić information content (AvgIpc) is 2.44. The molecule has 1 aliphatic rings. The van der Waals surface area contributed by atoms with Crippen molar-refractivity contribution in [3.05, 3.63) is 46.3 Å². The van der Waals surface area contributed by atoms with Crippen molar-refractivity contribution in [2.45, 2.75) is 31.7 Å². The monoisotopic (exact) mass is 277 g/mol. The van der Waals surface area contributed by atoms with Crippen molar-refractivity contribution >= 4 is 0 Å². The Balaban J connectivity index is 2.53. The molecule has 1 aromatic rings. The summed E-state index contributed by atoms with van der Waals surface area (Å²) in [4.78, 5) is 0. The van der Waals surface area contributed by atoms with Crippen molar-refractivity contribution in [2.24, 2.45) is 5.73 Å². The molecule has 1 aliphatic carbocycles. The Morgan fingerprint density at radius 3 is 1.84 bits per heavy atom. The summed E-state index contributed by atoms with van der Waals surface area (Å²) in [6.07, 6.45) is 4.60. The first-order valence-corrected chi connectivity index (χ1v) is 5.91. The second-order valence-corrected chi connectivity index (χ2v) is 4.49. The predicted octanol–water partition coefficient (Wildman–Crippen LogP) is 3.88. The fourth-order valence-electron chi connectivity index (χ4n) is 2.23. The molecule has 0 spiro atoms. The van der Waals surface area contributed by atoms with Crippen LogP contribution in [0.4, 0.5) is 22.0 Å². The standard InChI is InChI=1S/C13H12F5N/c14-8-7(9(15)11(17)12(18)10(8)16)13(19)6-4-2-1-3-5-6/h4,13H,1-3,5,19H2. The van der Waals surface area contributed by atoms with Crippen LogP contribution in [-0.2, 0) is 0 Å². The van der Waals surface area contributed by atoms with Gasteiger partial charge in [0.15, 0.2) is 23.3 Å². The lowest BCUT2D eigenvalue weighted by molar-refractivity contribution is 0.366. The molecule has 19 heavy (non-hydrogen) atoms. The molecule has 2 rings (SSSR count). The van der Waals surface area contributed by atoms with E-state index in [0.717, 1.165) is 12.8 Å². The summed E-state index contributed by atoms with van der Waals surface area (Å²) in [5, 5.41) is 0. The van der Waals surface area contributed by atoms with Gasteiger partial charge in [-0.15, -0.1) is 0 Å². The Morgan fingerprint density at radius 2 is 1.37 bits per heavy atom. The maximum absolute atomic E-state index is 13.6. The lowest BCUT2D eigenvalue weighted by Gasteiger charge is -2.21. The summed E-state index contributed by atoms with van der Waals surface area (Å²) >= 11 is 0. The highest BCUT2D eigenvalue weighted by atomic mass is 19.2. The largest absolute Gasteiger partial charge is 0.320 e. The molecule has 2 N–H and O–H groups in total. The van der Waals surface area contributed by atoms with Gasteiger partial charge < -0.3 is 5.73 Å². The van der Waals surface area contributed by atoms with E-state index in [2.05, 4.69) is 0 Å². The van der Waals surface area contributed by atoms with Gasteiger partial charge in [-0.25, -0.2) is 22.0 Å². The molecule has 0 aromatic heterocycles. The summed E-state index contributed by atoms with van der Waals surface area (Å²) in [7, 11) is 0. The third-order valence-electron chi connectivity index (χ3n) is 3.28. The molecule has 1 nitrogen and oxygen atoms in total. The van der Waals surface area contributed by atoms with E-state index in [0.29, 0.717) is 18.4 Å². The first-order valence-electron chi connectivity index (χ1n) is 5.91. The van der Waals surface area contributed by atoms with E-state index < -0.39 is 40.7 Å². The van der Waals surface area contributed by atoms with Crippen molar-refractivity contribution in [2.75, 3.05) is 0 Å². The summed E-state index contributed by atoms with van der Waals surface area (Å²) in [5.74, 6) is -9.78. The molecule has 0 heterocycles. The second kappa shape index (κ2) is 5.28. The van der Waals surface area contributed by atoms with Crippen LogP contribution in [0, 0.1) is 29.1 Å². The maximum atomic E-state index is 13.6. The Kier molecular flexibility index (Phi) is 3.89. The van der Waals surface area contributed by atoms with Crippen molar-refractivity contribution in [1.29, 1.82) is 0 Å². The van der Waals surface area contributed by atoms with E-state index in [1.807, 2.05) is 0 Å². The minimum Gasteiger partial charge on any atom is -0.320 e. The van der Waals surface area contributed by atoms with Crippen molar-refractivity contribution in [3.63, 3.8) is 0 Å². The molecule has 0 fully saturated rings. The molecule has 0 amide bonds. The van der Waals surface area contributed by atoms with Crippen LogP contribution in [0.2, 0.25) is 0 Å². The van der Waals surface area contributed by atoms with Crippen LogP contribution in [0.15, 0.2) is 11.6 Å². The van der Waals surface area contributed by atoms with Crippen LogP contribution in [0.5, 0.6) is 0 Å². The van der Waals surface area contributed by atoms with E-state index in [4.69, 9.17) is 5.73 Å². The number of allylic oxidation sites excluding steroid dienone is 1. The second-order valence-electron chi connectivity index (χ2n) is 4.49. The van der Waals surface area contributed by atoms with Crippen LogP contribution in [0.25, 0.3) is 0 Å². The van der Waals surface area contributed by atoms with Crippen molar-refractivity contribution in [3.8, 4) is 0 Å². The molecule has 1 atom stereocenters. The third-order valence-corrected chi connectivity index (χ3v) is 3.28. The molecule has 1 aromatic carbocycles. The highest BCUT2D eigenvalue weighted by Crippen LogP contribution is 2.33. The highest BCUT2D eigenvalue weighted by Gasteiger charge is 2.30. The van der Waals surface area contributed by atoms with Crippen LogP contribution in [0.3, 0.4) is 0 Å². The van der Waals surface area contributed by atoms with Gasteiger partial charge in [0.1, 0.15) is 0 Å². The highest BCUT2D eigenvalue weighted by molar-refractivity contribution is 5.33. The Hall–Kier alpha value is -1.43. The number of nitrogens with two attached hydrogens (primary N) is 1. The SMILES string of the molecule is NC(C1=CCCCC1)c1c(F)c(F)c(F)c(F)c1F. The summed E-state index contributed by atoms with van der Waals surface area (Å²) in [5.41, 5.74) is 5.21. The summed E-state index contributed by atoms with van der Waals surface area (Å²) in [6, 6.07) is -1.30. The number of hydrogen-bond donors (Lipinski definition) is 1.